The van der Waals surface area contributed by atoms with E-state index in [1.54, 1.807) is 40.5 Å². The van der Waals surface area contributed by atoms with Gasteiger partial charge in [0.2, 0.25) is 11.0 Å². The van der Waals surface area contributed by atoms with Gasteiger partial charge in [-0.2, -0.15) is 0 Å². The van der Waals surface area contributed by atoms with Gasteiger partial charge in [0.25, 0.3) is 5.91 Å². The van der Waals surface area contributed by atoms with Crippen LogP contribution in [0.2, 0.25) is 5.02 Å². The summed E-state index contributed by atoms with van der Waals surface area (Å²) < 4.78 is 0. The van der Waals surface area contributed by atoms with Crippen LogP contribution >= 0.6 is 22.9 Å². The molecule has 0 spiro atoms. The highest BCUT2D eigenvalue weighted by Gasteiger charge is 2.23. The smallest absolute Gasteiger partial charge is 0.251 e. The highest BCUT2D eigenvalue weighted by Crippen LogP contribution is 2.20. The van der Waals surface area contributed by atoms with E-state index in [4.69, 9.17) is 11.6 Å². The average molecular weight is 380 g/mol. The highest BCUT2D eigenvalue weighted by molar-refractivity contribution is 7.15. The fourth-order valence-corrected chi connectivity index (χ4v) is 3.40. The van der Waals surface area contributed by atoms with Gasteiger partial charge in [-0.15, -0.1) is 10.2 Å². The average Bonchev–Trinajstić information content (AvgIpc) is 3.06. The number of aromatic nitrogens is 2. The first kappa shape index (κ1) is 17.6. The molecular weight excluding hydrogens is 362 g/mol. The monoisotopic (exact) mass is 379 g/mol. The van der Waals surface area contributed by atoms with Crippen molar-refractivity contribution in [1.29, 1.82) is 0 Å². The van der Waals surface area contributed by atoms with Crippen molar-refractivity contribution in [3.63, 3.8) is 0 Å². The fourth-order valence-electron chi connectivity index (χ4n) is 2.53. The molecule has 7 nitrogen and oxygen atoms in total. The summed E-state index contributed by atoms with van der Waals surface area (Å²) in [5.41, 5.74) is 0.480. The van der Waals surface area contributed by atoms with Crippen molar-refractivity contribution in [1.82, 2.24) is 20.4 Å². The summed E-state index contributed by atoms with van der Waals surface area (Å²) in [5.74, 6) is -0.372. The van der Waals surface area contributed by atoms with Gasteiger partial charge in [-0.1, -0.05) is 22.9 Å². The first-order chi connectivity index (χ1) is 12.0. The van der Waals surface area contributed by atoms with Crippen LogP contribution in [0.3, 0.4) is 0 Å². The molecule has 0 bridgehead atoms. The second-order valence-corrected chi connectivity index (χ2v) is 7.26. The number of anilines is 1. The molecule has 1 aliphatic rings. The number of carbonyl (C=O) groups is 2. The van der Waals surface area contributed by atoms with Crippen molar-refractivity contribution >= 4 is 39.9 Å². The van der Waals surface area contributed by atoms with Crippen LogP contribution in [0.4, 0.5) is 5.13 Å². The molecule has 1 fully saturated rings. The minimum absolute atomic E-state index is 0.0145. The molecule has 0 aliphatic carbocycles. The summed E-state index contributed by atoms with van der Waals surface area (Å²) in [6.07, 6.45) is 0. The fraction of sp³-hybridized carbons (Fsp3) is 0.375. The number of aryl methyl sites for hydroxylation is 1. The normalized spacial score (nSPS) is 14.5. The van der Waals surface area contributed by atoms with Crippen molar-refractivity contribution in [2.75, 3.05) is 37.6 Å². The Labute approximate surface area is 154 Å². The van der Waals surface area contributed by atoms with Gasteiger partial charge in [-0.05, 0) is 31.2 Å². The molecule has 3 rings (SSSR count). The molecule has 2 heterocycles. The number of rotatable bonds is 4. The lowest BCUT2D eigenvalue weighted by Crippen LogP contribution is -2.51. The highest BCUT2D eigenvalue weighted by atomic mass is 35.5. The topological polar surface area (TPSA) is 78.4 Å². The molecule has 0 atom stereocenters. The number of amides is 2. The summed E-state index contributed by atoms with van der Waals surface area (Å²) in [4.78, 5) is 28.2. The Balaban J connectivity index is 1.46. The van der Waals surface area contributed by atoms with Crippen molar-refractivity contribution in [3.05, 3.63) is 39.9 Å². The minimum atomic E-state index is -0.284. The van der Waals surface area contributed by atoms with E-state index in [1.165, 1.54) is 0 Å². The number of carbonyl (C=O) groups excluding carboxylic acids is 2. The third-order valence-corrected chi connectivity index (χ3v) is 5.08. The molecule has 2 amide bonds. The number of nitrogens with zero attached hydrogens (tertiary/aromatic N) is 4. The number of piperazine rings is 1. The van der Waals surface area contributed by atoms with Gasteiger partial charge in [-0.3, -0.25) is 9.59 Å². The molecule has 1 saturated heterocycles. The van der Waals surface area contributed by atoms with Gasteiger partial charge in [0, 0.05) is 36.8 Å². The quantitative estimate of drug-likeness (QED) is 0.872. The third-order valence-electron chi connectivity index (χ3n) is 3.92. The number of halogens is 1. The molecule has 132 valence electrons. The van der Waals surface area contributed by atoms with E-state index >= 15 is 0 Å². The van der Waals surface area contributed by atoms with Gasteiger partial charge in [-0.25, -0.2) is 0 Å². The first-order valence-electron chi connectivity index (χ1n) is 7.89. The van der Waals surface area contributed by atoms with Gasteiger partial charge in [0.1, 0.15) is 5.01 Å². The Kier molecular flexibility index (Phi) is 5.50. The van der Waals surface area contributed by atoms with Crippen molar-refractivity contribution < 1.29 is 9.59 Å². The van der Waals surface area contributed by atoms with Gasteiger partial charge >= 0.3 is 0 Å². The van der Waals surface area contributed by atoms with Crippen molar-refractivity contribution in [3.8, 4) is 0 Å². The molecule has 2 aromatic rings. The maximum atomic E-state index is 12.3. The lowest BCUT2D eigenvalue weighted by Gasteiger charge is -2.34. The van der Waals surface area contributed by atoms with Gasteiger partial charge in [0.05, 0.1) is 6.54 Å². The van der Waals surface area contributed by atoms with Crippen LogP contribution in [0.1, 0.15) is 15.4 Å². The van der Waals surface area contributed by atoms with Gasteiger partial charge < -0.3 is 15.1 Å². The summed E-state index contributed by atoms with van der Waals surface area (Å²) in [6.45, 7) is 4.54. The summed E-state index contributed by atoms with van der Waals surface area (Å²) in [5, 5.41) is 13.2. The lowest BCUT2D eigenvalue weighted by molar-refractivity contribution is -0.130. The number of hydrogen-bond donors (Lipinski definition) is 1. The SMILES string of the molecule is Cc1nnc(N2CCN(C(=O)CNC(=O)c3ccc(Cl)cc3)CC2)s1. The van der Waals surface area contributed by atoms with Crippen LogP contribution < -0.4 is 10.2 Å². The van der Waals surface area contributed by atoms with E-state index in [2.05, 4.69) is 20.4 Å². The van der Waals surface area contributed by atoms with Crippen LogP contribution in [0.15, 0.2) is 24.3 Å². The number of hydrogen-bond acceptors (Lipinski definition) is 6. The Morgan fingerprint density at radius 1 is 1.16 bits per heavy atom. The van der Waals surface area contributed by atoms with Crippen molar-refractivity contribution in [2.24, 2.45) is 0 Å². The molecule has 1 aromatic carbocycles. The maximum absolute atomic E-state index is 12.3. The molecule has 1 aromatic heterocycles. The standard InChI is InChI=1S/C16H18ClN5O2S/c1-11-19-20-16(25-11)22-8-6-21(7-9-22)14(23)10-18-15(24)12-2-4-13(17)5-3-12/h2-5H,6-10H2,1H3,(H,18,24). The molecule has 0 radical (unpaired) electrons. The number of benzene rings is 1. The predicted molar refractivity (Wildman–Crippen MR) is 97.2 cm³/mol. The molecule has 1 aliphatic heterocycles. The first-order valence-corrected chi connectivity index (χ1v) is 9.09. The maximum Gasteiger partial charge on any atom is 0.251 e. The Bertz CT molecular complexity index is 756. The minimum Gasteiger partial charge on any atom is -0.343 e. The molecule has 25 heavy (non-hydrogen) atoms. The number of nitrogens with one attached hydrogen (secondary N) is 1. The van der Waals surface area contributed by atoms with E-state index in [9.17, 15) is 9.59 Å². The molecule has 0 unspecified atom stereocenters. The van der Waals surface area contributed by atoms with Crippen LogP contribution in [0.25, 0.3) is 0 Å². The Morgan fingerprint density at radius 3 is 2.44 bits per heavy atom. The Morgan fingerprint density at radius 2 is 1.84 bits per heavy atom. The summed E-state index contributed by atoms with van der Waals surface area (Å²) >= 11 is 7.35. The van der Waals surface area contributed by atoms with E-state index in [-0.39, 0.29) is 18.4 Å². The second-order valence-electron chi connectivity index (χ2n) is 5.66. The molecule has 0 saturated carbocycles. The predicted octanol–water partition coefficient (Wildman–Crippen LogP) is 1.58. The van der Waals surface area contributed by atoms with Crippen LogP contribution in [-0.2, 0) is 4.79 Å². The Hall–Kier alpha value is -2.19. The third kappa shape index (κ3) is 4.46. The second kappa shape index (κ2) is 7.79. The van der Waals surface area contributed by atoms with Crippen LogP contribution in [0.5, 0.6) is 0 Å². The van der Waals surface area contributed by atoms with E-state index < -0.39 is 0 Å². The zero-order chi connectivity index (χ0) is 17.8. The van der Waals surface area contributed by atoms with E-state index in [1.807, 2.05) is 6.92 Å². The summed E-state index contributed by atoms with van der Waals surface area (Å²) in [6, 6.07) is 6.55. The molecule has 9 heteroatoms. The zero-order valence-corrected chi connectivity index (χ0v) is 15.3. The largest absolute Gasteiger partial charge is 0.343 e. The zero-order valence-electron chi connectivity index (χ0n) is 13.7. The molecule has 1 N–H and O–H groups in total. The van der Waals surface area contributed by atoms with Crippen molar-refractivity contribution in [2.45, 2.75) is 6.92 Å². The van der Waals surface area contributed by atoms with E-state index in [0.717, 1.165) is 10.1 Å². The van der Waals surface area contributed by atoms with Crippen LogP contribution in [0, 0.1) is 6.92 Å². The lowest BCUT2D eigenvalue weighted by atomic mass is 10.2. The van der Waals surface area contributed by atoms with Gasteiger partial charge in [0.15, 0.2) is 0 Å². The van der Waals surface area contributed by atoms with E-state index in [0.29, 0.717) is 36.8 Å². The van der Waals surface area contributed by atoms with Crippen LogP contribution in [-0.4, -0.2) is 59.6 Å². The molecular formula is C16H18ClN5O2S. The summed E-state index contributed by atoms with van der Waals surface area (Å²) in [7, 11) is 0.